The van der Waals surface area contributed by atoms with Gasteiger partial charge < -0.3 is 14.2 Å². The summed E-state index contributed by atoms with van der Waals surface area (Å²) in [6.07, 6.45) is 60.0. The van der Waals surface area contributed by atoms with Gasteiger partial charge in [-0.05, 0) is 44.9 Å². The fourth-order valence-electron chi connectivity index (χ4n) is 8.50. The van der Waals surface area contributed by atoms with E-state index in [0.29, 0.717) is 19.3 Å². The molecule has 0 rings (SSSR count). The lowest BCUT2D eigenvalue weighted by molar-refractivity contribution is -0.167. The van der Waals surface area contributed by atoms with Crippen molar-refractivity contribution in [1.29, 1.82) is 0 Å². The Kier molecular flexibility index (Phi) is 51.2. The molecule has 6 nitrogen and oxygen atoms in total. The van der Waals surface area contributed by atoms with Crippen molar-refractivity contribution in [2.24, 2.45) is 0 Å². The lowest BCUT2D eigenvalue weighted by Crippen LogP contribution is -2.30. The number of ether oxygens (including phenoxy) is 3. The standard InChI is InChI=1S/C57H108O6/c1-4-7-10-13-15-17-18-19-20-21-22-23-24-25-26-27-28-29-30-31-32-33-34-35-36-37-38-40-41-44-47-50-56(59)62-53-54(52-61-55(58)49-46-43-12-9-6-3)63-57(60)51-48-45-42-39-16-14-11-8-5-2/h21-22,54H,4-20,23-53H2,1-3H3/b22-21-. The first-order chi connectivity index (χ1) is 31.0. The lowest BCUT2D eigenvalue weighted by Gasteiger charge is -2.18. The van der Waals surface area contributed by atoms with Gasteiger partial charge >= 0.3 is 17.9 Å². The third-order valence-corrected chi connectivity index (χ3v) is 12.8. The maximum absolute atomic E-state index is 12.6. The first-order valence-corrected chi connectivity index (χ1v) is 28.2. The monoisotopic (exact) mass is 889 g/mol. The molecule has 0 aromatic rings. The quantitative estimate of drug-likeness (QED) is 0.0262. The third-order valence-electron chi connectivity index (χ3n) is 12.8. The van der Waals surface area contributed by atoms with Crippen molar-refractivity contribution in [2.75, 3.05) is 13.2 Å². The molecule has 0 saturated carbocycles. The zero-order valence-electron chi connectivity index (χ0n) is 42.6. The van der Waals surface area contributed by atoms with E-state index in [4.69, 9.17) is 14.2 Å². The van der Waals surface area contributed by atoms with Crippen molar-refractivity contribution < 1.29 is 28.6 Å². The molecule has 372 valence electrons. The molecule has 0 bridgehead atoms. The van der Waals surface area contributed by atoms with E-state index in [1.807, 2.05) is 0 Å². The van der Waals surface area contributed by atoms with Crippen molar-refractivity contribution in [3.63, 3.8) is 0 Å². The molecule has 0 aromatic carbocycles. The third kappa shape index (κ3) is 51.0. The fraction of sp³-hybridized carbons (Fsp3) is 0.912. The van der Waals surface area contributed by atoms with Crippen molar-refractivity contribution in [1.82, 2.24) is 0 Å². The molecule has 0 fully saturated rings. The molecule has 63 heavy (non-hydrogen) atoms. The zero-order chi connectivity index (χ0) is 45.8. The Morgan fingerprint density at radius 3 is 0.794 bits per heavy atom. The average molecular weight is 889 g/mol. The van der Waals surface area contributed by atoms with Crippen LogP contribution in [-0.4, -0.2) is 37.2 Å². The molecule has 0 spiro atoms. The summed E-state index contributed by atoms with van der Waals surface area (Å²) in [6.45, 7) is 6.57. The van der Waals surface area contributed by atoms with E-state index in [-0.39, 0.29) is 31.1 Å². The second-order valence-corrected chi connectivity index (χ2v) is 19.2. The van der Waals surface area contributed by atoms with Crippen LogP contribution in [0.1, 0.15) is 316 Å². The molecule has 0 aromatic heterocycles. The molecule has 0 N–H and O–H groups in total. The number of carbonyl (C=O) groups is 3. The van der Waals surface area contributed by atoms with Gasteiger partial charge in [0.2, 0.25) is 0 Å². The van der Waals surface area contributed by atoms with Gasteiger partial charge in [0.15, 0.2) is 6.10 Å². The van der Waals surface area contributed by atoms with Crippen LogP contribution in [0.4, 0.5) is 0 Å². The molecule has 0 saturated heterocycles. The van der Waals surface area contributed by atoms with Gasteiger partial charge in [-0.3, -0.25) is 14.4 Å². The van der Waals surface area contributed by atoms with Crippen LogP contribution < -0.4 is 0 Å². The van der Waals surface area contributed by atoms with Gasteiger partial charge in [-0.2, -0.15) is 0 Å². The minimum Gasteiger partial charge on any atom is -0.462 e. The van der Waals surface area contributed by atoms with Crippen LogP contribution in [-0.2, 0) is 28.6 Å². The highest BCUT2D eigenvalue weighted by molar-refractivity contribution is 5.71. The van der Waals surface area contributed by atoms with Crippen molar-refractivity contribution in [3.05, 3.63) is 12.2 Å². The minimum absolute atomic E-state index is 0.0653. The van der Waals surface area contributed by atoms with Crippen LogP contribution in [0.25, 0.3) is 0 Å². The molecule has 0 aliphatic carbocycles. The number of allylic oxidation sites excluding steroid dienone is 2. The summed E-state index contributed by atoms with van der Waals surface area (Å²) < 4.78 is 16.6. The molecule has 1 unspecified atom stereocenters. The van der Waals surface area contributed by atoms with E-state index in [9.17, 15) is 14.4 Å². The summed E-state index contributed by atoms with van der Waals surface area (Å²) >= 11 is 0. The van der Waals surface area contributed by atoms with E-state index in [0.717, 1.165) is 64.2 Å². The maximum Gasteiger partial charge on any atom is 0.306 e. The molecule has 0 amide bonds. The van der Waals surface area contributed by atoms with Gasteiger partial charge in [0.1, 0.15) is 13.2 Å². The predicted octanol–water partition coefficient (Wildman–Crippen LogP) is 18.5. The smallest absolute Gasteiger partial charge is 0.306 e. The average Bonchev–Trinajstić information content (AvgIpc) is 3.28. The molecule has 0 aliphatic rings. The molecule has 0 radical (unpaired) electrons. The van der Waals surface area contributed by atoms with Gasteiger partial charge in [0.05, 0.1) is 0 Å². The number of hydrogen-bond donors (Lipinski definition) is 0. The van der Waals surface area contributed by atoms with Gasteiger partial charge in [0.25, 0.3) is 0 Å². The SMILES string of the molecule is CCCCCCCCCC/C=C\CCCCCCCCCCCCCCCCCCCCCC(=O)OCC(COC(=O)CCCCCCC)OC(=O)CCCCCCCCCCC. The van der Waals surface area contributed by atoms with E-state index < -0.39 is 6.10 Å². The maximum atomic E-state index is 12.6. The van der Waals surface area contributed by atoms with Gasteiger partial charge in [-0.15, -0.1) is 0 Å². The number of carbonyl (C=O) groups excluding carboxylic acids is 3. The number of esters is 3. The number of hydrogen-bond acceptors (Lipinski definition) is 6. The normalized spacial score (nSPS) is 12.0. The summed E-state index contributed by atoms with van der Waals surface area (Å²) in [4.78, 5) is 37.5. The summed E-state index contributed by atoms with van der Waals surface area (Å²) in [5.41, 5.74) is 0. The molecular formula is C57H108O6. The van der Waals surface area contributed by atoms with Crippen LogP contribution in [0.2, 0.25) is 0 Å². The van der Waals surface area contributed by atoms with Crippen LogP contribution in [0.3, 0.4) is 0 Å². The molecule has 0 heterocycles. The molecule has 0 aliphatic heterocycles. The second-order valence-electron chi connectivity index (χ2n) is 19.2. The Labute approximate surface area is 392 Å². The molecule has 1 atom stereocenters. The Hall–Kier alpha value is -1.85. The van der Waals surface area contributed by atoms with E-state index in [1.165, 1.54) is 212 Å². The highest BCUT2D eigenvalue weighted by Crippen LogP contribution is 2.17. The Morgan fingerprint density at radius 2 is 0.524 bits per heavy atom. The fourth-order valence-corrected chi connectivity index (χ4v) is 8.50. The summed E-state index contributed by atoms with van der Waals surface area (Å²) in [5, 5.41) is 0. The van der Waals surface area contributed by atoms with Crippen LogP contribution in [0, 0.1) is 0 Å². The van der Waals surface area contributed by atoms with Crippen LogP contribution in [0.5, 0.6) is 0 Å². The van der Waals surface area contributed by atoms with Gasteiger partial charge in [0, 0.05) is 19.3 Å². The first kappa shape index (κ1) is 61.1. The summed E-state index contributed by atoms with van der Waals surface area (Å²) in [6, 6.07) is 0. The molecular weight excluding hydrogens is 781 g/mol. The van der Waals surface area contributed by atoms with Gasteiger partial charge in [-0.25, -0.2) is 0 Å². The number of rotatable bonds is 52. The first-order valence-electron chi connectivity index (χ1n) is 28.2. The largest absolute Gasteiger partial charge is 0.462 e. The molecule has 6 heteroatoms. The lowest BCUT2D eigenvalue weighted by atomic mass is 10.0. The Balaban J connectivity index is 3.81. The Morgan fingerprint density at radius 1 is 0.302 bits per heavy atom. The van der Waals surface area contributed by atoms with Crippen molar-refractivity contribution >= 4 is 17.9 Å². The summed E-state index contributed by atoms with van der Waals surface area (Å²) in [7, 11) is 0. The Bertz CT molecular complexity index is 978. The summed E-state index contributed by atoms with van der Waals surface area (Å²) in [5.74, 6) is -0.868. The number of unbranched alkanes of at least 4 members (excludes halogenated alkanes) is 39. The topological polar surface area (TPSA) is 78.9 Å². The van der Waals surface area contributed by atoms with E-state index in [2.05, 4.69) is 32.9 Å². The highest BCUT2D eigenvalue weighted by atomic mass is 16.6. The zero-order valence-corrected chi connectivity index (χ0v) is 42.6. The van der Waals surface area contributed by atoms with Crippen LogP contribution in [0.15, 0.2) is 12.2 Å². The van der Waals surface area contributed by atoms with Gasteiger partial charge in [-0.1, -0.05) is 264 Å². The van der Waals surface area contributed by atoms with E-state index in [1.54, 1.807) is 0 Å². The van der Waals surface area contributed by atoms with Crippen LogP contribution >= 0.6 is 0 Å². The van der Waals surface area contributed by atoms with Crippen molar-refractivity contribution in [2.45, 2.75) is 322 Å². The van der Waals surface area contributed by atoms with E-state index >= 15 is 0 Å². The van der Waals surface area contributed by atoms with Crippen molar-refractivity contribution in [3.8, 4) is 0 Å². The predicted molar refractivity (Wildman–Crippen MR) is 270 cm³/mol. The second kappa shape index (κ2) is 52.8. The highest BCUT2D eigenvalue weighted by Gasteiger charge is 2.19. The minimum atomic E-state index is -0.758.